The van der Waals surface area contributed by atoms with Crippen molar-refractivity contribution in [1.82, 2.24) is 5.32 Å². The highest BCUT2D eigenvalue weighted by atomic mass is 32.2. The molecule has 1 atom stereocenters. The molecule has 7 heteroatoms. The van der Waals surface area contributed by atoms with E-state index in [2.05, 4.69) is 5.32 Å². The van der Waals surface area contributed by atoms with Gasteiger partial charge in [0.1, 0.15) is 13.2 Å². The quantitative estimate of drug-likeness (QED) is 0.847. The van der Waals surface area contributed by atoms with Gasteiger partial charge >= 0.3 is 6.18 Å². The molecular weight excluding hydrogens is 291 g/mol. The smallest absolute Gasteiger partial charge is 0.401 e. The van der Waals surface area contributed by atoms with Crippen molar-refractivity contribution in [2.45, 2.75) is 23.2 Å². The summed E-state index contributed by atoms with van der Waals surface area (Å²) in [6.07, 6.45) is -4.17. The molecule has 0 bridgehead atoms. The summed E-state index contributed by atoms with van der Waals surface area (Å²) in [7, 11) is 0. The van der Waals surface area contributed by atoms with Gasteiger partial charge in [-0.2, -0.15) is 13.2 Å². The molecular formula is C13H16F3NO2S. The number of hydrogen-bond donors (Lipinski definition) is 1. The Kier molecular flexibility index (Phi) is 5.04. The lowest BCUT2D eigenvalue weighted by Gasteiger charge is -2.19. The minimum atomic E-state index is -4.17. The van der Waals surface area contributed by atoms with Gasteiger partial charge in [0, 0.05) is 16.7 Å². The molecule has 0 radical (unpaired) electrons. The zero-order chi connectivity index (χ0) is 14.6. The standard InChI is InChI=1S/C13H16F3NO2S/c1-9(7-17-8-13(14,15)16)20-10-2-3-11-12(6-10)19-5-4-18-11/h2-3,6,9,17H,4-5,7-8H2,1H3. The van der Waals surface area contributed by atoms with Crippen LogP contribution in [0.25, 0.3) is 0 Å². The number of thioether (sulfide) groups is 1. The largest absolute Gasteiger partial charge is 0.486 e. The molecule has 0 aromatic heterocycles. The number of benzene rings is 1. The number of alkyl halides is 3. The van der Waals surface area contributed by atoms with Crippen LogP contribution in [0.3, 0.4) is 0 Å². The van der Waals surface area contributed by atoms with Gasteiger partial charge in [-0.15, -0.1) is 11.8 Å². The molecule has 1 heterocycles. The summed E-state index contributed by atoms with van der Waals surface area (Å²) < 4.78 is 46.9. The van der Waals surface area contributed by atoms with Gasteiger partial charge < -0.3 is 14.8 Å². The van der Waals surface area contributed by atoms with E-state index < -0.39 is 12.7 Å². The van der Waals surface area contributed by atoms with Crippen LogP contribution in [0.15, 0.2) is 23.1 Å². The van der Waals surface area contributed by atoms with Crippen LogP contribution in [0.5, 0.6) is 11.5 Å². The van der Waals surface area contributed by atoms with Crippen LogP contribution in [0, 0.1) is 0 Å². The predicted molar refractivity (Wildman–Crippen MR) is 71.7 cm³/mol. The van der Waals surface area contributed by atoms with E-state index in [9.17, 15) is 13.2 Å². The summed E-state index contributed by atoms with van der Waals surface area (Å²) in [5.74, 6) is 1.40. The molecule has 1 N–H and O–H groups in total. The van der Waals surface area contributed by atoms with Gasteiger partial charge in [-0.05, 0) is 18.2 Å². The third-order valence-corrected chi connectivity index (χ3v) is 3.70. The first-order valence-electron chi connectivity index (χ1n) is 6.28. The molecule has 1 aliphatic rings. The lowest BCUT2D eigenvalue weighted by atomic mass is 10.3. The van der Waals surface area contributed by atoms with E-state index in [-0.39, 0.29) is 5.25 Å². The fraction of sp³-hybridized carbons (Fsp3) is 0.538. The highest BCUT2D eigenvalue weighted by molar-refractivity contribution is 8.00. The predicted octanol–water partition coefficient (Wildman–Crippen LogP) is 3.09. The zero-order valence-corrected chi connectivity index (χ0v) is 11.8. The Hall–Kier alpha value is -1.08. The maximum absolute atomic E-state index is 12.0. The molecule has 20 heavy (non-hydrogen) atoms. The zero-order valence-electron chi connectivity index (χ0n) is 11.0. The van der Waals surface area contributed by atoms with Crippen LogP contribution in [0.4, 0.5) is 13.2 Å². The molecule has 1 aromatic rings. The highest BCUT2D eigenvalue weighted by Crippen LogP contribution is 2.35. The molecule has 1 aliphatic heterocycles. The number of hydrogen-bond acceptors (Lipinski definition) is 4. The van der Waals surface area contributed by atoms with Gasteiger partial charge in [-0.1, -0.05) is 6.92 Å². The van der Waals surface area contributed by atoms with Crippen molar-refractivity contribution in [1.29, 1.82) is 0 Å². The molecule has 0 saturated heterocycles. The van der Waals surface area contributed by atoms with E-state index >= 15 is 0 Å². The Balaban J connectivity index is 1.83. The van der Waals surface area contributed by atoms with Crippen molar-refractivity contribution in [2.75, 3.05) is 26.3 Å². The number of halogens is 3. The van der Waals surface area contributed by atoms with Crippen LogP contribution in [0.1, 0.15) is 6.92 Å². The van der Waals surface area contributed by atoms with Crippen molar-refractivity contribution < 1.29 is 22.6 Å². The summed E-state index contributed by atoms with van der Waals surface area (Å²) in [6.45, 7) is 2.27. The number of rotatable bonds is 5. The van der Waals surface area contributed by atoms with Crippen molar-refractivity contribution in [3.8, 4) is 11.5 Å². The van der Waals surface area contributed by atoms with Crippen LogP contribution in [0.2, 0.25) is 0 Å². The van der Waals surface area contributed by atoms with Crippen molar-refractivity contribution in [3.05, 3.63) is 18.2 Å². The monoisotopic (exact) mass is 307 g/mol. The summed E-state index contributed by atoms with van der Waals surface area (Å²) >= 11 is 1.50. The summed E-state index contributed by atoms with van der Waals surface area (Å²) in [5.41, 5.74) is 0. The number of ether oxygens (including phenoxy) is 2. The third kappa shape index (κ3) is 4.79. The molecule has 0 amide bonds. The van der Waals surface area contributed by atoms with Gasteiger partial charge in [0.05, 0.1) is 6.54 Å². The minimum absolute atomic E-state index is 0.0277. The van der Waals surface area contributed by atoms with E-state index in [1.54, 1.807) is 0 Å². The minimum Gasteiger partial charge on any atom is -0.486 e. The van der Waals surface area contributed by atoms with Gasteiger partial charge in [0.15, 0.2) is 11.5 Å². The molecule has 3 nitrogen and oxygen atoms in total. The average molecular weight is 307 g/mol. The SMILES string of the molecule is CC(CNCC(F)(F)F)Sc1ccc2c(c1)OCCO2. The van der Waals surface area contributed by atoms with E-state index in [4.69, 9.17) is 9.47 Å². The second-order valence-electron chi connectivity index (χ2n) is 4.48. The Morgan fingerprint density at radius 2 is 1.95 bits per heavy atom. The van der Waals surface area contributed by atoms with E-state index in [1.807, 2.05) is 25.1 Å². The lowest BCUT2D eigenvalue weighted by Crippen LogP contribution is -2.32. The molecule has 2 rings (SSSR count). The van der Waals surface area contributed by atoms with E-state index in [1.165, 1.54) is 11.8 Å². The maximum Gasteiger partial charge on any atom is 0.401 e. The Labute approximate surface area is 119 Å². The van der Waals surface area contributed by atoms with Gasteiger partial charge in [0.25, 0.3) is 0 Å². The van der Waals surface area contributed by atoms with E-state index in [0.717, 1.165) is 4.90 Å². The highest BCUT2D eigenvalue weighted by Gasteiger charge is 2.26. The van der Waals surface area contributed by atoms with Crippen molar-refractivity contribution in [3.63, 3.8) is 0 Å². The lowest BCUT2D eigenvalue weighted by molar-refractivity contribution is -0.124. The Morgan fingerprint density at radius 3 is 2.65 bits per heavy atom. The van der Waals surface area contributed by atoms with E-state index in [0.29, 0.717) is 31.3 Å². The molecule has 0 saturated carbocycles. The maximum atomic E-state index is 12.0. The van der Waals surface area contributed by atoms with Crippen molar-refractivity contribution in [2.24, 2.45) is 0 Å². The number of nitrogens with one attached hydrogen (secondary N) is 1. The Morgan fingerprint density at radius 1 is 1.25 bits per heavy atom. The van der Waals surface area contributed by atoms with Crippen LogP contribution in [-0.4, -0.2) is 37.7 Å². The van der Waals surface area contributed by atoms with Crippen LogP contribution >= 0.6 is 11.8 Å². The molecule has 0 fully saturated rings. The van der Waals surface area contributed by atoms with Crippen LogP contribution < -0.4 is 14.8 Å². The first-order chi connectivity index (χ1) is 9.44. The second-order valence-corrected chi connectivity index (χ2v) is 5.99. The first kappa shape index (κ1) is 15.3. The van der Waals surface area contributed by atoms with Gasteiger partial charge in [-0.3, -0.25) is 0 Å². The number of fused-ring (bicyclic) bond motifs is 1. The van der Waals surface area contributed by atoms with Gasteiger partial charge in [0.2, 0.25) is 0 Å². The third-order valence-electron chi connectivity index (χ3n) is 2.61. The molecule has 1 aromatic carbocycles. The fourth-order valence-corrected chi connectivity index (χ4v) is 2.78. The first-order valence-corrected chi connectivity index (χ1v) is 7.16. The normalized spacial score (nSPS) is 16.0. The average Bonchev–Trinajstić information content (AvgIpc) is 2.37. The topological polar surface area (TPSA) is 30.5 Å². The molecule has 112 valence electrons. The molecule has 0 aliphatic carbocycles. The summed E-state index contributed by atoms with van der Waals surface area (Å²) in [4.78, 5) is 0.954. The van der Waals surface area contributed by atoms with Gasteiger partial charge in [-0.25, -0.2) is 0 Å². The van der Waals surface area contributed by atoms with Crippen LogP contribution in [-0.2, 0) is 0 Å². The fourth-order valence-electron chi connectivity index (χ4n) is 1.79. The summed E-state index contributed by atoms with van der Waals surface area (Å²) in [6, 6.07) is 5.57. The summed E-state index contributed by atoms with van der Waals surface area (Å²) in [5, 5.41) is 2.43. The van der Waals surface area contributed by atoms with Crippen molar-refractivity contribution >= 4 is 11.8 Å². The second kappa shape index (κ2) is 6.58. The molecule has 0 spiro atoms. The molecule has 1 unspecified atom stereocenters. The Bertz CT molecular complexity index is 454.